The molecule has 1 N–H and O–H groups in total. The van der Waals surface area contributed by atoms with Crippen LogP contribution in [0.2, 0.25) is 0 Å². The van der Waals surface area contributed by atoms with Gasteiger partial charge in [0.2, 0.25) is 0 Å². The van der Waals surface area contributed by atoms with Gasteiger partial charge in [-0.25, -0.2) is 8.42 Å². The van der Waals surface area contributed by atoms with E-state index in [9.17, 15) is 8.42 Å². The summed E-state index contributed by atoms with van der Waals surface area (Å²) in [5.74, 6) is 0.591. The van der Waals surface area contributed by atoms with Gasteiger partial charge >= 0.3 is 0 Å². The number of piperidine rings is 1. The van der Waals surface area contributed by atoms with Crippen molar-refractivity contribution in [2.45, 2.75) is 51.7 Å². The van der Waals surface area contributed by atoms with Crippen molar-refractivity contribution in [3.8, 4) is 0 Å². The van der Waals surface area contributed by atoms with Gasteiger partial charge in [0.05, 0.1) is 24.2 Å². The number of sulfone groups is 1. The molecule has 3 heterocycles. The second-order valence-electron chi connectivity index (χ2n) is 6.86. The molecule has 2 aliphatic heterocycles. The summed E-state index contributed by atoms with van der Waals surface area (Å²) in [5.41, 5.74) is 2.36. The first-order chi connectivity index (χ1) is 11.0. The highest BCUT2D eigenvalue weighted by Gasteiger charge is 2.27. The standard InChI is InChI=1S/C16H28N4O2S/c1-14-15(11-17-16-5-10-23(21,22)13-16)12-18-20(14)9-8-19-6-3-2-4-7-19/h12,16-17H,2-11,13H2,1H3/t16-/m1/s1. The van der Waals surface area contributed by atoms with E-state index in [1.807, 2.05) is 6.20 Å². The molecule has 0 aromatic carbocycles. The van der Waals surface area contributed by atoms with Gasteiger partial charge in [0.1, 0.15) is 0 Å². The Kier molecular flexibility index (Phi) is 5.38. The molecular weight excluding hydrogens is 312 g/mol. The van der Waals surface area contributed by atoms with Crippen LogP contribution >= 0.6 is 0 Å². The van der Waals surface area contributed by atoms with Gasteiger partial charge in [-0.2, -0.15) is 5.10 Å². The lowest BCUT2D eigenvalue weighted by molar-refractivity contribution is 0.217. The second kappa shape index (κ2) is 7.32. The van der Waals surface area contributed by atoms with Gasteiger partial charge in [-0.1, -0.05) is 6.42 Å². The zero-order valence-electron chi connectivity index (χ0n) is 14.0. The third-order valence-electron chi connectivity index (χ3n) is 5.10. The first-order valence-electron chi connectivity index (χ1n) is 8.71. The van der Waals surface area contributed by atoms with Crippen molar-refractivity contribution < 1.29 is 8.42 Å². The average molecular weight is 340 g/mol. The highest BCUT2D eigenvalue weighted by Crippen LogP contribution is 2.14. The Morgan fingerprint density at radius 3 is 2.74 bits per heavy atom. The first-order valence-corrected chi connectivity index (χ1v) is 10.5. The molecule has 2 fully saturated rings. The summed E-state index contributed by atoms with van der Waals surface area (Å²) in [4.78, 5) is 2.52. The molecule has 0 saturated carbocycles. The smallest absolute Gasteiger partial charge is 0.151 e. The number of rotatable bonds is 6. The van der Waals surface area contributed by atoms with Crippen LogP contribution in [0.1, 0.15) is 36.9 Å². The minimum atomic E-state index is -2.81. The molecule has 0 radical (unpaired) electrons. The number of hydrogen-bond acceptors (Lipinski definition) is 5. The number of nitrogens with one attached hydrogen (secondary N) is 1. The number of nitrogens with zero attached hydrogens (tertiary/aromatic N) is 3. The Balaban J connectivity index is 1.48. The lowest BCUT2D eigenvalue weighted by atomic mass is 10.1. The molecular formula is C16H28N4O2S. The molecule has 130 valence electrons. The molecule has 1 atom stereocenters. The highest BCUT2D eigenvalue weighted by molar-refractivity contribution is 7.91. The number of aromatic nitrogens is 2. The third-order valence-corrected chi connectivity index (χ3v) is 6.86. The Bertz CT molecular complexity index is 620. The Morgan fingerprint density at radius 2 is 2.04 bits per heavy atom. The van der Waals surface area contributed by atoms with Gasteiger partial charge < -0.3 is 10.2 Å². The molecule has 0 bridgehead atoms. The molecule has 6 nitrogen and oxygen atoms in total. The maximum absolute atomic E-state index is 11.5. The fraction of sp³-hybridized carbons (Fsp3) is 0.812. The van der Waals surface area contributed by atoms with E-state index >= 15 is 0 Å². The van der Waals surface area contributed by atoms with E-state index in [4.69, 9.17) is 0 Å². The largest absolute Gasteiger partial charge is 0.309 e. The molecule has 2 saturated heterocycles. The minimum absolute atomic E-state index is 0.0936. The van der Waals surface area contributed by atoms with Crippen LogP contribution in [0.4, 0.5) is 0 Å². The summed E-state index contributed by atoms with van der Waals surface area (Å²) in [5, 5.41) is 7.88. The number of hydrogen-bond donors (Lipinski definition) is 1. The van der Waals surface area contributed by atoms with E-state index in [0.717, 1.165) is 19.5 Å². The maximum Gasteiger partial charge on any atom is 0.151 e. The molecule has 1 aromatic rings. The van der Waals surface area contributed by atoms with Gasteiger partial charge in [-0.05, 0) is 39.3 Å². The van der Waals surface area contributed by atoms with Gasteiger partial charge in [-0.15, -0.1) is 0 Å². The second-order valence-corrected chi connectivity index (χ2v) is 9.09. The zero-order valence-corrected chi connectivity index (χ0v) is 14.8. The zero-order chi connectivity index (χ0) is 16.3. The summed E-state index contributed by atoms with van der Waals surface area (Å²) in [6.45, 7) is 7.23. The monoisotopic (exact) mass is 340 g/mol. The van der Waals surface area contributed by atoms with Crippen molar-refractivity contribution >= 4 is 9.84 Å². The maximum atomic E-state index is 11.5. The van der Waals surface area contributed by atoms with Gasteiger partial charge in [-0.3, -0.25) is 4.68 Å². The van der Waals surface area contributed by atoms with E-state index in [-0.39, 0.29) is 11.8 Å². The average Bonchev–Trinajstić information content (AvgIpc) is 3.07. The first kappa shape index (κ1) is 16.9. The normalized spacial score (nSPS) is 25.0. The predicted molar refractivity (Wildman–Crippen MR) is 91.2 cm³/mol. The predicted octanol–water partition coefficient (Wildman–Crippen LogP) is 0.954. The van der Waals surface area contributed by atoms with Crippen molar-refractivity contribution in [2.24, 2.45) is 0 Å². The van der Waals surface area contributed by atoms with Crippen molar-refractivity contribution in [3.05, 3.63) is 17.5 Å². The van der Waals surface area contributed by atoms with Crippen LogP contribution in [-0.4, -0.2) is 60.3 Å². The molecule has 0 aliphatic carbocycles. The van der Waals surface area contributed by atoms with Crippen LogP contribution in [0.5, 0.6) is 0 Å². The van der Waals surface area contributed by atoms with E-state index in [1.165, 1.54) is 43.6 Å². The fourth-order valence-electron chi connectivity index (χ4n) is 3.51. The molecule has 2 aliphatic rings. The summed E-state index contributed by atoms with van der Waals surface area (Å²) in [7, 11) is -2.81. The molecule has 3 rings (SSSR count). The van der Waals surface area contributed by atoms with Crippen LogP contribution in [0, 0.1) is 6.92 Å². The molecule has 0 spiro atoms. The highest BCUT2D eigenvalue weighted by atomic mass is 32.2. The van der Waals surface area contributed by atoms with E-state index in [2.05, 4.69) is 26.9 Å². The van der Waals surface area contributed by atoms with Crippen LogP contribution < -0.4 is 5.32 Å². The minimum Gasteiger partial charge on any atom is -0.309 e. The van der Waals surface area contributed by atoms with Crippen molar-refractivity contribution in [3.63, 3.8) is 0 Å². The van der Waals surface area contributed by atoms with Crippen LogP contribution in [0.3, 0.4) is 0 Å². The number of likely N-dealkylation sites (tertiary alicyclic amines) is 1. The van der Waals surface area contributed by atoms with Crippen LogP contribution in [-0.2, 0) is 22.9 Å². The molecule has 7 heteroatoms. The molecule has 0 unspecified atom stereocenters. The third kappa shape index (κ3) is 4.55. The lowest BCUT2D eigenvalue weighted by Crippen LogP contribution is -2.33. The summed E-state index contributed by atoms with van der Waals surface area (Å²) in [6, 6.07) is 0.0936. The van der Waals surface area contributed by atoms with Crippen LogP contribution in [0.15, 0.2) is 6.20 Å². The van der Waals surface area contributed by atoms with Gasteiger partial charge in [0.15, 0.2) is 9.84 Å². The lowest BCUT2D eigenvalue weighted by Gasteiger charge is -2.26. The summed E-state index contributed by atoms with van der Waals surface area (Å²) >= 11 is 0. The van der Waals surface area contributed by atoms with E-state index in [1.54, 1.807) is 0 Å². The van der Waals surface area contributed by atoms with Crippen LogP contribution in [0.25, 0.3) is 0 Å². The Hall–Kier alpha value is -0.920. The topological polar surface area (TPSA) is 67.2 Å². The SMILES string of the molecule is Cc1c(CN[C@@H]2CCS(=O)(=O)C2)cnn1CCN1CCCCC1. The Labute approximate surface area is 139 Å². The van der Waals surface area contributed by atoms with E-state index < -0.39 is 9.84 Å². The fourth-order valence-corrected chi connectivity index (χ4v) is 5.22. The Morgan fingerprint density at radius 1 is 1.26 bits per heavy atom. The molecule has 1 aromatic heterocycles. The quantitative estimate of drug-likeness (QED) is 0.835. The summed E-state index contributed by atoms with van der Waals surface area (Å²) in [6.07, 6.45) is 6.64. The van der Waals surface area contributed by atoms with E-state index in [0.29, 0.717) is 12.3 Å². The van der Waals surface area contributed by atoms with Crippen molar-refractivity contribution in [2.75, 3.05) is 31.1 Å². The summed E-state index contributed by atoms with van der Waals surface area (Å²) < 4.78 is 25.1. The van der Waals surface area contributed by atoms with Crippen molar-refractivity contribution in [1.82, 2.24) is 20.0 Å². The molecule has 23 heavy (non-hydrogen) atoms. The molecule has 0 amide bonds. The van der Waals surface area contributed by atoms with Gasteiger partial charge in [0, 0.05) is 30.4 Å². The van der Waals surface area contributed by atoms with Crippen molar-refractivity contribution in [1.29, 1.82) is 0 Å². The van der Waals surface area contributed by atoms with Gasteiger partial charge in [0.25, 0.3) is 0 Å².